The van der Waals surface area contributed by atoms with Crippen molar-refractivity contribution < 1.29 is 14.4 Å². The fourth-order valence-electron chi connectivity index (χ4n) is 1.92. The van der Waals surface area contributed by atoms with E-state index in [2.05, 4.69) is 10.2 Å². The van der Waals surface area contributed by atoms with E-state index in [1.54, 1.807) is 18.2 Å². The van der Waals surface area contributed by atoms with E-state index >= 15 is 0 Å². The predicted molar refractivity (Wildman–Crippen MR) is 80.0 cm³/mol. The number of benzene rings is 1. The number of carbonyl (C=O) groups excluding carboxylic acids is 2. The van der Waals surface area contributed by atoms with Gasteiger partial charge in [-0.15, -0.1) is 0 Å². The van der Waals surface area contributed by atoms with Gasteiger partial charge in [0.05, 0.1) is 6.61 Å². The number of nitrogens with two attached hydrogens (primary N) is 2. The Morgan fingerprint density at radius 3 is 2.76 bits per heavy atom. The first-order chi connectivity index (χ1) is 10.0. The van der Waals surface area contributed by atoms with E-state index in [0.29, 0.717) is 12.1 Å². The van der Waals surface area contributed by atoms with Crippen molar-refractivity contribution in [3.63, 3.8) is 0 Å². The van der Waals surface area contributed by atoms with Crippen LogP contribution in [0.25, 0.3) is 0 Å². The molecule has 0 aromatic heterocycles. The number of hydrogen-bond acceptors (Lipinski definition) is 4. The lowest BCUT2D eigenvalue weighted by molar-refractivity contribution is -0.121. The highest BCUT2D eigenvalue weighted by atomic mass is 16.6. The Morgan fingerprint density at radius 1 is 1.33 bits per heavy atom. The van der Waals surface area contributed by atoms with E-state index < -0.39 is 0 Å². The minimum atomic E-state index is -0.280. The molecule has 1 aromatic rings. The second-order valence-electron chi connectivity index (χ2n) is 5.07. The highest BCUT2D eigenvalue weighted by Gasteiger charge is 2.08. The highest BCUT2D eigenvalue weighted by Crippen LogP contribution is 2.08. The molecule has 1 rings (SSSR count). The molecule has 0 bridgehead atoms. The van der Waals surface area contributed by atoms with Crippen LogP contribution in [0, 0.1) is 5.92 Å². The smallest absolute Gasteiger partial charge is 0.251 e. The third-order valence-electron chi connectivity index (χ3n) is 3.27. The van der Waals surface area contributed by atoms with E-state index in [0.717, 1.165) is 24.8 Å². The monoisotopic (exact) mass is 293 g/mol. The standard InChI is InChI=1S/C15H23N3O3/c1-11(14(16)19)5-2-3-8-18-15(20)13-7-4-6-12(9-13)10-21-17/h4,6-7,9,11H,2-3,5,8,10,17H2,1H3,(H2,16,19)(H,18,20)/t11-/m0/s1. The number of amides is 2. The van der Waals surface area contributed by atoms with Crippen LogP contribution >= 0.6 is 0 Å². The molecular formula is C15H23N3O3. The first-order valence-electron chi connectivity index (χ1n) is 7.02. The molecule has 1 atom stereocenters. The maximum Gasteiger partial charge on any atom is 0.251 e. The molecule has 0 fully saturated rings. The molecule has 21 heavy (non-hydrogen) atoms. The van der Waals surface area contributed by atoms with Crippen LogP contribution in [0.2, 0.25) is 0 Å². The summed E-state index contributed by atoms with van der Waals surface area (Å²) in [6.45, 7) is 2.65. The maximum atomic E-state index is 11.9. The average Bonchev–Trinajstić information content (AvgIpc) is 2.47. The molecule has 1 aromatic carbocycles. The summed E-state index contributed by atoms with van der Waals surface area (Å²) in [6, 6.07) is 7.12. The molecule has 0 saturated heterocycles. The van der Waals surface area contributed by atoms with Crippen molar-refractivity contribution in [1.82, 2.24) is 5.32 Å². The lowest BCUT2D eigenvalue weighted by atomic mass is 10.0. The van der Waals surface area contributed by atoms with Crippen molar-refractivity contribution in [2.45, 2.75) is 32.8 Å². The lowest BCUT2D eigenvalue weighted by Gasteiger charge is -2.08. The van der Waals surface area contributed by atoms with E-state index in [9.17, 15) is 9.59 Å². The molecule has 0 aliphatic rings. The molecule has 0 unspecified atom stereocenters. The Kier molecular flexibility index (Phi) is 7.42. The highest BCUT2D eigenvalue weighted by molar-refractivity contribution is 5.94. The molecule has 0 heterocycles. The minimum absolute atomic E-state index is 0.117. The molecular weight excluding hydrogens is 270 g/mol. The quantitative estimate of drug-likeness (QED) is 0.468. The second-order valence-corrected chi connectivity index (χ2v) is 5.07. The van der Waals surface area contributed by atoms with E-state index in [-0.39, 0.29) is 24.3 Å². The zero-order valence-electron chi connectivity index (χ0n) is 12.3. The van der Waals surface area contributed by atoms with Crippen molar-refractivity contribution in [2.24, 2.45) is 17.5 Å². The van der Waals surface area contributed by atoms with Crippen LogP contribution in [0.5, 0.6) is 0 Å². The fraction of sp³-hybridized carbons (Fsp3) is 0.467. The van der Waals surface area contributed by atoms with E-state index in [1.807, 2.05) is 13.0 Å². The Hall–Kier alpha value is -1.92. The normalized spacial score (nSPS) is 11.9. The van der Waals surface area contributed by atoms with Gasteiger partial charge >= 0.3 is 0 Å². The summed E-state index contributed by atoms with van der Waals surface area (Å²) >= 11 is 0. The van der Waals surface area contributed by atoms with Gasteiger partial charge in [0.1, 0.15) is 0 Å². The van der Waals surface area contributed by atoms with Gasteiger partial charge in [-0.1, -0.05) is 25.5 Å². The van der Waals surface area contributed by atoms with Gasteiger partial charge in [0.2, 0.25) is 5.91 Å². The summed E-state index contributed by atoms with van der Waals surface area (Å²) in [5, 5.41) is 2.84. The summed E-state index contributed by atoms with van der Waals surface area (Å²) in [5.41, 5.74) is 6.61. The summed E-state index contributed by atoms with van der Waals surface area (Å²) in [6.07, 6.45) is 2.41. The number of rotatable bonds is 9. The molecule has 0 spiro atoms. The zero-order valence-corrected chi connectivity index (χ0v) is 12.3. The Bertz CT molecular complexity index is 477. The molecule has 0 radical (unpaired) electrons. The summed E-state index contributed by atoms with van der Waals surface area (Å²) < 4.78 is 0. The third kappa shape index (κ3) is 6.37. The van der Waals surface area contributed by atoms with Crippen LogP contribution < -0.4 is 16.9 Å². The summed E-state index contributed by atoms with van der Waals surface area (Å²) in [5.74, 6) is 4.49. The van der Waals surface area contributed by atoms with E-state index in [1.165, 1.54) is 0 Å². The average molecular weight is 293 g/mol. The van der Waals surface area contributed by atoms with Gasteiger partial charge in [-0.2, -0.15) is 0 Å². The summed E-state index contributed by atoms with van der Waals surface area (Å²) in [7, 11) is 0. The van der Waals surface area contributed by atoms with Crippen LogP contribution in [-0.4, -0.2) is 18.4 Å². The largest absolute Gasteiger partial charge is 0.369 e. The van der Waals surface area contributed by atoms with Gasteiger partial charge in [0, 0.05) is 18.0 Å². The van der Waals surface area contributed by atoms with Gasteiger partial charge in [0.15, 0.2) is 0 Å². The molecule has 5 N–H and O–H groups in total. The molecule has 6 heteroatoms. The van der Waals surface area contributed by atoms with Crippen LogP contribution in [0.4, 0.5) is 0 Å². The Morgan fingerprint density at radius 2 is 2.10 bits per heavy atom. The molecule has 0 saturated carbocycles. The molecule has 0 aliphatic carbocycles. The third-order valence-corrected chi connectivity index (χ3v) is 3.27. The van der Waals surface area contributed by atoms with Gasteiger partial charge in [-0.3, -0.25) is 14.4 Å². The van der Waals surface area contributed by atoms with Crippen molar-refractivity contribution >= 4 is 11.8 Å². The van der Waals surface area contributed by atoms with Crippen LogP contribution in [0.3, 0.4) is 0 Å². The van der Waals surface area contributed by atoms with Crippen LogP contribution in [0.1, 0.15) is 42.1 Å². The zero-order chi connectivity index (χ0) is 15.7. The topological polar surface area (TPSA) is 107 Å². The first kappa shape index (κ1) is 17.1. The van der Waals surface area contributed by atoms with Crippen molar-refractivity contribution in [2.75, 3.05) is 6.54 Å². The van der Waals surface area contributed by atoms with Crippen LogP contribution in [0.15, 0.2) is 24.3 Å². The van der Waals surface area contributed by atoms with Gasteiger partial charge < -0.3 is 11.1 Å². The second kappa shape index (κ2) is 9.10. The van der Waals surface area contributed by atoms with Crippen molar-refractivity contribution in [3.8, 4) is 0 Å². The number of hydrogen-bond donors (Lipinski definition) is 3. The lowest BCUT2D eigenvalue weighted by Crippen LogP contribution is -2.25. The first-order valence-corrected chi connectivity index (χ1v) is 7.02. The number of carbonyl (C=O) groups is 2. The number of primary amides is 1. The van der Waals surface area contributed by atoms with Gasteiger partial charge in [0.25, 0.3) is 5.91 Å². The summed E-state index contributed by atoms with van der Waals surface area (Å²) in [4.78, 5) is 27.4. The van der Waals surface area contributed by atoms with Crippen molar-refractivity contribution in [1.29, 1.82) is 0 Å². The maximum absolute atomic E-state index is 11.9. The molecule has 116 valence electrons. The van der Waals surface area contributed by atoms with Crippen molar-refractivity contribution in [3.05, 3.63) is 35.4 Å². The Labute approximate surface area is 124 Å². The van der Waals surface area contributed by atoms with E-state index in [4.69, 9.17) is 11.6 Å². The van der Waals surface area contributed by atoms with Gasteiger partial charge in [-0.25, -0.2) is 5.90 Å². The minimum Gasteiger partial charge on any atom is -0.369 e. The Balaban J connectivity index is 2.30. The molecule has 2 amide bonds. The van der Waals surface area contributed by atoms with Gasteiger partial charge in [-0.05, 0) is 30.5 Å². The van der Waals surface area contributed by atoms with Crippen LogP contribution in [-0.2, 0) is 16.2 Å². The number of unbranched alkanes of at least 4 members (excludes halogenated alkanes) is 1. The SMILES string of the molecule is C[C@@H](CCCCNC(=O)c1cccc(CON)c1)C(N)=O. The molecule has 0 aliphatic heterocycles. The molecule has 6 nitrogen and oxygen atoms in total. The predicted octanol–water partition coefficient (Wildman–Crippen LogP) is 1.10. The fourth-order valence-corrected chi connectivity index (χ4v) is 1.92. The number of nitrogens with one attached hydrogen (secondary N) is 1.